The van der Waals surface area contributed by atoms with Crippen molar-refractivity contribution in [3.05, 3.63) is 65.2 Å². The number of benzene rings is 1. The van der Waals surface area contributed by atoms with E-state index in [1.165, 1.54) is 4.52 Å². The van der Waals surface area contributed by atoms with E-state index in [0.29, 0.717) is 5.78 Å². The van der Waals surface area contributed by atoms with Crippen LogP contribution in [-0.2, 0) is 4.74 Å². The molecule has 23 heavy (non-hydrogen) atoms. The largest absolute Gasteiger partial charge is 0.456 e. The van der Waals surface area contributed by atoms with Gasteiger partial charge in [0.2, 0.25) is 0 Å². The molecule has 0 saturated heterocycles. The monoisotopic (exact) mass is 308 g/mol. The summed E-state index contributed by atoms with van der Waals surface area (Å²) in [6, 6.07) is 11.7. The van der Waals surface area contributed by atoms with E-state index < -0.39 is 5.97 Å². The molecule has 3 rings (SSSR count). The molecule has 0 atom stereocenters. The zero-order valence-corrected chi connectivity index (χ0v) is 12.9. The molecule has 2 heterocycles. The van der Waals surface area contributed by atoms with E-state index in [-0.39, 0.29) is 12.4 Å². The molecule has 0 spiro atoms. The van der Waals surface area contributed by atoms with E-state index in [1.54, 1.807) is 6.08 Å². The second-order valence-electron chi connectivity index (χ2n) is 5.10. The Morgan fingerprint density at radius 2 is 2.00 bits per heavy atom. The van der Waals surface area contributed by atoms with Gasteiger partial charge in [0, 0.05) is 11.4 Å². The summed E-state index contributed by atoms with van der Waals surface area (Å²) >= 11 is 0. The van der Waals surface area contributed by atoms with Gasteiger partial charge in [0.15, 0.2) is 0 Å². The van der Waals surface area contributed by atoms with Gasteiger partial charge in [-0.3, -0.25) is 0 Å². The van der Waals surface area contributed by atoms with Crippen LogP contribution in [-0.4, -0.2) is 32.2 Å². The number of esters is 1. The Kier molecular flexibility index (Phi) is 4.14. The lowest BCUT2D eigenvalue weighted by molar-refractivity contribution is 0.0536. The van der Waals surface area contributed by atoms with Crippen LogP contribution in [0.5, 0.6) is 0 Å². The predicted octanol–water partition coefficient (Wildman–Crippen LogP) is 2.61. The van der Waals surface area contributed by atoms with Gasteiger partial charge < -0.3 is 4.74 Å². The van der Waals surface area contributed by atoms with Crippen LogP contribution in [0.2, 0.25) is 0 Å². The highest BCUT2D eigenvalue weighted by atomic mass is 16.5. The third-order valence-electron chi connectivity index (χ3n) is 3.22. The van der Waals surface area contributed by atoms with Crippen molar-refractivity contribution in [3.8, 4) is 0 Å². The van der Waals surface area contributed by atoms with Gasteiger partial charge in [-0.2, -0.15) is 4.98 Å². The van der Waals surface area contributed by atoms with Gasteiger partial charge in [-0.05, 0) is 31.6 Å². The van der Waals surface area contributed by atoms with E-state index in [0.717, 1.165) is 17.0 Å². The van der Waals surface area contributed by atoms with Gasteiger partial charge in [0.1, 0.15) is 6.61 Å². The molecule has 0 aliphatic heterocycles. The Labute approximate surface area is 133 Å². The summed E-state index contributed by atoms with van der Waals surface area (Å²) in [5.41, 5.74) is 2.74. The lowest BCUT2D eigenvalue weighted by Crippen LogP contribution is -2.07. The topological polar surface area (TPSA) is 69.4 Å². The molecule has 116 valence electrons. The van der Waals surface area contributed by atoms with E-state index in [9.17, 15) is 4.79 Å². The quantitative estimate of drug-likeness (QED) is 0.693. The van der Waals surface area contributed by atoms with Crippen molar-refractivity contribution in [2.75, 3.05) is 6.61 Å². The second kappa shape index (κ2) is 6.39. The van der Waals surface area contributed by atoms with Crippen molar-refractivity contribution in [2.24, 2.45) is 0 Å². The van der Waals surface area contributed by atoms with Gasteiger partial charge in [0.25, 0.3) is 11.6 Å². The summed E-state index contributed by atoms with van der Waals surface area (Å²) in [5, 5.41) is 4.13. The fourth-order valence-electron chi connectivity index (χ4n) is 2.19. The highest BCUT2D eigenvalue weighted by Gasteiger charge is 2.15. The molecule has 0 aliphatic carbocycles. The number of nitrogens with zero attached hydrogens (tertiary/aromatic N) is 4. The highest BCUT2D eigenvalue weighted by Crippen LogP contribution is 2.06. The van der Waals surface area contributed by atoms with Crippen molar-refractivity contribution in [1.29, 1.82) is 0 Å². The van der Waals surface area contributed by atoms with Gasteiger partial charge in [0.05, 0.1) is 0 Å². The van der Waals surface area contributed by atoms with Crippen LogP contribution in [0.4, 0.5) is 0 Å². The maximum absolute atomic E-state index is 12.0. The van der Waals surface area contributed by atoms with Crippen LogP contribution in [0.3, 0.4) is 0 Å². The number of hydrogen-bond donors (Lipinski definition) is 0. The maximum Gasteiger partial charge on any atom is 0.378 e. The van der Waals surface area contributed by atoms with Crippen molar-refractivity contribution in [2.45, 2.75) is 13.8 Å². The Bertz CT molecular complexity index is 869. The third-order valence-corrected chi connectivity index (χ3v) is 3.22. The molecule has 6 nitrogen and oxygen atoms in total. The van der Waals surface area contributed by atoms with Crippen LogP contribution in [0.25, 0.3) is 11.9 Å². The summed E-state index contributed by atoms with van der Waals surface area (Å²) in [7, 11) is 0. The SMILES string of the molecule is Cc1cc(C)n2nc(C(=O)OCC=Cc3ccccc3)nc2n1. The lowest BCUT2D eigenvalue weighted by atomic mass is 10.2. The van der Waals surface area contributed by atoms with Gasteiger partial charge in [-0.15, -0.1) is 5.10 Å². The molecule has 0 aliphatic rings. The minimum Gasteiger partial charge on any atom is -0.456 e. The summed E-state index contributed by atoms with van der Waals surface area (Å²) in [4.78, 5) is 20.4. The van der Waals surface area contributed by atoms with Crippen LogP contribution >= 0.6 is 0 Å². The molecule has 0 N–H and O–H groups in total. The Morgan fingerprint density at radius 1 is 1.22 bits per heavy atom. The molecule has 0 radical (unpaired) electrons. The number of hydrogen-bond acceptors (Lipinski definition) is 5. The second-order valence-corrected chi connectivity index (χ2v) is 5.10. The Hall–Kier alpha value is -3.02. The lowest BCUT2D eigenvalue weighted by Gasteiger charge is -1.98. The molecular formula is C17H16N4O2. The number of rotatable bonds is 4. The fourth-order valence-corrected chi connectivity index (χ4v) is 2.19. The molecule has 0 bridgehead atoms. The number of aryl methyl sites for hydroxylation is 2. The summed E-state index contributed by atoms with van der Waals surface area (Å²) in [6.07, 6.45) is 3.66. The van der Waals surface area contributed by atoms with Gasteiger partial charge in [-0.25, -0.2) is 14.3 Å². The van der Waals surface area contributed by atoms with E-state index in [1.807, 2.05) is 56.3 Å². The fraction of sp³-hybridized carbons (Fsp3) is 0.176. The molecule has 0 amide bonds. The Morgan fingerprint density at radius 3 is 2.78 bits per heavy atom. The van der Waals surface area contributed by atoms with Crippen LogP contribution in [0.1, 0.15) is 27.6 Å². The molecule has 6 heteroatoms. The first-order valence-electron chi connectivity index (χ1n) is 7.23. The smallest absolute Gasteiger partial charge is 0.378 e. The molecular weight excluding hydrogens is 292 g/mol. The van der Waals surface area contributed by atoms with Crippen molar-refractivity contribution in [3.63, 3.8) is 0 Å². The third kappa shape index (κ3) is 3.42. The normalized spacial score (nSPS) is 11.2. The average Bonchev–Trinajstić information content (AvgIpc) is 2.97. The number of carbonyl (C=O) groups is 1. The number of carbonyl (C=O) groups excluding carboxylic acids is 1. The molecule has 2 aromatic heterocycles. The molecule has 1 aromatic carbocycles. The summed E-state index contributed by atoms with van der Waals surface area (Å²) < 4.78 is 6.69. The Balaban J connectivity index is 1.67. The number of fused-ring (bicyclic) bond motifs is 1. The minimum atomic E-state index is -0.565. The zero-order chi connectivity index (χ0) is 16.2. The summed E-state index contributed by atoms with van der Waals surface area (Å²) in [6.45, 7) is 3.91. The van der Waals surface area contributed by atoms with Gasteiger partial charge >= 0.3 is 5.97 Å². The number of aromatic nitrogens is 4. The van der Waals surface area contributed by atoms with Crippen LogP contribution < -0.4 is 0 Å². The van der Waals surface area contributed by atoms with Crippen molar-refractivity contribution < 1.29 is 9.53 Å². The first-order chi connectivity index (χ1) is 11.1. The maximum atomic E-state index is 12.0. The van der Waals surface area contributed by atoms with Crippen LogP contribution in [0.15, 0.2) is 42.5 Å². The van der Waals surface area contributed by atoms with Crippen LogP contribution in [0, 0.1) is 13.8 Å². The first-order valence-corrected chi connectivity index (χ1v) is 7.23. The zero-order valence-electron chi connectivity index (χ0n) is 12.9. The number of ether oxygens (including phenoxy) is 1. The highest BCUT2D eigenvalue weighted by molar-refractivity contribution is 5.85. The minimum absolute atomic E-state index is 0.0133. The molecule has 0 saturated carbocycles. The van der Waals surface area contributed by atoms with E-state index >= 15 is 0 Å². The van der Waals surface area contributed by atoms with Gasteiger partial charge in [-0.1, -0.05) is 36.4 Å². The van der Waals surface area contributed by atoms with E-state index in [4.69, 9.17) is 4.74 Å². The molecule has 0 unspecified atom stereocenters. The van der Waals surface area contributed by atoms with E-state index in [2.05, 4.69) is 15.1 Å². The molecule has 3 aromatic rings. The average molecular weight is 308 g/mol. The first kappa shape index (κ1) is 14.9. The van der Waals surface area contributed by atoms with Crippen molar-refractivity contribution >= 4 is 17.8 Å². The summed E-state index contributed by atoms with van der Waals surface area (Å²) in [5.74, 6) is -0.154. The van der Waals surface area contributed by atoms with Crippen molar-refractivity contribution in [1.82, 2.24) is 19.6 Å². The predicted molar refractivity (Wildman–Crippen MR) is 86.0 cm³/mol. The standard InChI is InChI=1S/C17H16N4O2/c1-12-11-13(2)21-17(18-12)19-15(20-21)16(22)23-10-6-9-14-7-4-3-5-8-14/h3-9,11H,10H2,1-2H3. The molecule has 0 fully saturated rings.